The van der Waals surface area contributed by atoms with Crippen molar-refractivity contribution in [3.63, 3.8) is 0 Å². The molecule has 11 nitrogen and oxygen atoms in total. The maximum atomic E-state index is 12.8. The number of hydrogen-bond acceptors (Lipinski definition) is 9. The van der Waals surface area contributed by atoms with E-state index in [2.05, 4.69) is 26.0 Å². The van der Waals surface area contributed by atoms with Crippen LogP contribution in [-0.4, -0.2) is 97.2 Å². The number of likely N-dealkylation sites (N-methyl/N-ethyl adjacent to an activating group) is 1. The Morgan fingerprint density at radius 1 is 0.810 bits per heavy atom. The number of phosphoric ester groups is 1. The third-order valence-electron chi connectivity index (χ3n) is 10.3. The maximum Gasteiger partial charge on any atom is 0.472 e. The van der Waals surface area contributed by atoms with Crippen LogP contribution in [0.5, 0.6) is 0 Å². The van der Waals surface area contributed by atoms with Crippen LogP contribution in [0.15, 0.2) is 48.8 Å². The fourth-order valence-corrected chi connectivity index (χ4v) is 7.41. The zero-order valence-corrected chi connectivity index (χ0v) is 37.9. The molecule has 0 radical (unpaired) electrons. The molecule has 0 heterocycles. The second-order valence-corrected chi connectivity index (χ2v) is 18.4. The van der Waals surface area contributed by atoms with E-state index in [0.29, 0.717) is 36.7 Å². The number of esters is 1. The molecule has 0 aliphatic heterocycles. The summed E-state index contributed by atoms with van der Waals surface area (Å²) in [7, 11) is 1.46. The molecule has 1 fully saturated rings. The summed E-state index contributed by atoms with van der Waals surface area (Å²) in [4.78, 5) is 35.5. The van der Waals surface area contributed by atoms with Crippen LogP contribution in [0.2, 0.25) is 0 Å². The van der Waals surface area contributed by atoms with Crippen LogP contribution >= 0.6 is 7.82 Å². The number of rotatable bonds is 37. The molecule has 0 spiro atoms. The number of allylic oxidation sites excluding steroid dienone is 6. The van der Waals surface area contributed by atoms with Crippen molar-refractivity contribution in [1.29, 1.82) is 0 Å². The molecular formula is C46H83NO10P+. The number of aliphatic hydroxyl groups is 2. The predicted octanol–water partition coefficient (Wildman–Crippen LogP) is 10.1. The van der Waals surface area contributed by atoms with Crippen molar-refractivity contribution in [2.45, 2.75) is 173 Å². The van der Waals surface area contributed by atoms with Gasteiger partial charge in [0.15, 0.2) is 6.10 Å². The van der Waals surface area contributed by atoms with Crippen LogP contribution in [0.25, 0.3) is 0 Å². The summed E-state index contributed by atoms with van der Waals surface area (Å²) in [6, 6.07) is 0. The quantitative estimate of drug-likeness (QED) is 0.0138. The molecule has 6 atom stereocenters. The average molecular weight is 841 g/mol. The van der Waals surface area contributed by atoms with Gasteiger partial charge < -0.3 is 29.1 Å². The van der Waals surface area contributed by atoms with Crippen molar-refractivity contribution in [3.05, 3.63) is 48.8 Å². The molecule has 58 heavy (non-hydrogen) atoms. The normalized spacial score (nSPS) is 19.9. The summed E-state index contributed by atoms with van der Waals surface area (Å²) in [6.07, 6.45) is 34.6. The Kier molecular flexibility index (Phi) is 31.2. The Hall–Kier alpha value is -2.11. The van der Waals surface area contributed by atoms with Crippen LogP contribution in [0.3, 0.4) is 0 Å². The molecule has 336 valence electrons. The molecule has 1 aliphatic carbocycles. The molecule has 1 rings (SSSR count). The Morgan fingerprint density at radius 3 is 2.05 bits per heavy atom. The van der Waals surface area contributed by atoms with Crippen LogP contribution in [0.4, 0.5) is 0 Å². The first-order valence-electron chi connectivity index (χ1n) is 22.5. The van der Waals surface area contributed by atoms with Crippen molar-refractivity contribution in [2.75, 3.05) is 47.5 Å². The molecule has 1 saturated carbocycles. The SMILES string of the molecule is CCCCCC/C=C\CCCCCCCC/C=C/OC[C@H](COP(=O)(O)OCC[N+](C)(C)C)OC(=O)CCC/C=C\C[C@H]1[C@@H](O)CC(=O)[C@@H]1/C=C/[C@@H](O)CCCCC. The highest BCUT2D eigenvalue weighted by atomic mass is 31.2. The number of phosphoric acid groups is 1. The summed E-state index contributed by atoms with van der Waals surface area (Å²) < 4.78 is 34.7. The van der Waals surface area contributed by atoms with Gasteiger partial charge in [-0.2, -0.15) is 0 Å². The van der Waals surface area contributed by atoms with Crippen LogP contribution in [0.1, 0.15) is 155 Å². The number of Topliss-reactive ketones (excluding diaryl/α,β-unsaturated/α-hetero) is 1. The van der Waals surface area contributed by atoms with Crippen LogP contribution in [-0.2, 0) is 32.7 Å². The highest BCUT2D eigenvalue weighted by Gasteiger charge is 2.39. The van der Waals surface area contributed by atoms with Gasteiger partial charge in [-0.3, -0.25) is 18.6 Å². The molecule has 12 heteroatoms. The Balaban J connectivity index is 2.49. The lowest BCUT2D eigenvalue weighted by Crippen LogP contribution is -2.37. The number of carbonyl (C=O) groups excluding carboxylic acids is 2. The smallest absolute Gasteiger partial charge is 0.472 e. The third-order valence-corrected chi connectivity index (χ3v) is 11.3. The van der Waals surface area contributed by atoms with Gasteiger partial charge in [0, 0.05) is 24.7 Å². The van der Waals surface area contributed by atoms with Crippen molar-refractivity contribution in [2.24, 2.45) is 11.8 Å². The topological polar surface area (TPSA) is 149 Å². The number of ether oxygens (including phenoxy) is 2. The number of ketones is 1. The van der Waals surface area contributed by atoms with E-state index in [1.54, 1.807) is 18.4 Å². The van der Waals surface area contributed by atoms with Crippen molar-refractivity contribution < 1.29 is 52.3 Å². The highest BCUT2D eigenvalue weighted by molar-refractivity contribution is 7.47. The Labute approximate surface area is 352 Å². The first-order valence-corrected chi connectivity index (χ1v) is 24.0. The lowest BCUT2D eigenvalue weighted by Gasteiger charge is -2.24. The van der Waals surface area contributed by atoms with Crippen molar-refractivity contribution >= 4 is 19.6 Å². The molecule has 0 aromatic rings. The van der Waals surface area contributed by atoms with Crippen LogP contribution in [0, 0.1) is 11.8 Å². The molecule has 0 saturated heterocycles. The van der Waals surface area contributed by atoms with E-state index < -0.39 is 38.0 Å². The minimum Gasteiger partial charge on any atom is -0.498 e. The van der Waals surface area contributed by atoms with E-state index in [-0.39, 0.29) is 44.4 Å². The minimum atomic E-state index is -4.37. The lowest BCUT2D eigenvalue weighted by molar-refractivity contribution is -0.870. The molecular weight excluding hydrogens is 757 g/mol. The van der Waals surface area contributed by atoms with Crippen molar-refractivity contribution in [1.82, 2.24) is 0 Å². The number of aliphatic hydroxyl groups excluding tert-OH is 2. The monoisotopic (exact) mass is 841 g/mol. The zero-order valence-electron chi connectivity index (χ0n) is 37.0. The highest BCUT2D eigenvalue weighted by Crippen LogP contribution is 2.43. The fraction of sp³-hybridized carbons (Fsp3) is 0.783. The number of nitrogens with zero attached hydrogens (tertiary/aromatic N) is 1. The molecule has 0 aromatic heterocycles. The average Bonchev–Trinajstić information content (AvgIpc) is 3.43. The summed E-state index contributed by atoms with van der Waals surface area (Å²) in [5, 5.41) is 20.8. The second kappa shape index (κ2) is 33.6. The lowest BCUT2D eigenvalue weighted by atomic mass is 9.90. The number of unbranched alkanes of at least 4 members (excludes halogenated alkanes) is 14. The molecule has 0 bridgehead atoms. The summed E-state index contributed by atoms with van der Waals surface area (Å²) in [5.41, 5.74) is 0. The van der Waals surface area contributed by atoms with Gasteiger partial charge in [0.1, 0.15) is 25.5 Å². The first-order chi connectivity index (χ1) is 27.8. The Bertz CT molecular complexity index is 1230. The standard InChI is InChI=1S/C46H82NO10P/c1-6-8-10-11-12-13-14-15-16-17-18-19-20-21-24-28-35-54-38-41(39-56-58(52,53)55-36-34-47(3,4)5)57-46(51)31-27-23-22-26-30-42-43(45(50)37-44(42)49)33-32-40(48)29-25-9-7-2/h13-14,22,26,28,32-33,35,40-44,48-49H,6-12,15-21,23-25,27,29-31,34,36-39H2,1-5H3/p+1/b14-13-,26-22-,33-32+,35-28+/t40-,41+,42+,43+,44-/m0/s1. The van der Waals surface area contributed by atoms with Crippen molar-refractivity contribution in [3.8, 4) is 0 Å². The molecule has 0 aromatic carbocycles. The van der Waals surface area contributed by atoms with E-state index in [1.165, 1.54) is 64.2 Å². The van der Waals surface area contributed by atoms with Crippen LogP contribution < -0.4 is 0 Å². The van der Waals surface area contributed by atoms with Gasteiger partial charge in [0.05, 0.1) is 46.2 Å². The fourth-order valence-electron chi connectivity index (χ4n) is 6.67. The van der Waals surface area contributed by atoms with Gasteiger partial charge in [-0.05, 0) is 70.3 Å². The van der Waals surface area contributed by atoms with Gasteiger partial charge in [0.2, 0.25) is 0 Å². The predicted molar refractivity (Wildman–Crippen MR) is 234 cm³/mol. The number of hydrogen-bond donors (Lipinski definition) is 3. The summed E-state index contributed by atoms with van der Waals surface area (Å²) in [5.74, 6) is -1.17. The third kappa shape index (κ3) is 30.0. The van der Waals surface area contributed by atoms with Gasteiger partial charge in [-0.15, -0.1) is 0 Å². The molecule has 0 amide bonds. The molecule has 1 unspecified atom stereocenters. The maximum absolute atomic E-state index is 12.8. The largest absolute Gasteiger partial charge is 0.498 e. The van der Waals surface area contributed by atoms with Gasteiger partial charge in [-0.25, -0.2) is 4.57 Å². The van der Waals surface area contributed by atoms with E-state index in [4.69, 9.17) is 18.5 Å². The molecule has 3 N–H and O–H groups in total. The minimum absolute atomic E-state index is 0.0136. The second-order valence-electron chi connectivity index (χ2n) is 16.9. The van der Waals surface area contributed by atoms with E-state index in [0.717, 1.165) is 38.5 Å². The van der Waals surface area contributed by atoms with E-state index >= 15 is 0 Å². The van der Waals surface area contributed by atoms with E-state index in [9.17, 15) is 29.3 Å². The van der Waals surface area contributed by atoms with E-state index in [1.807, 2.05) is 39.4 Å². The van der Waals surface area contributed by atoms with Gasteiger partial charge in [0.25, 0.3) is 0 Å². The first kappa shape index (κ1) is 53.9. The Morgan fingerprint density at radius 2 is 1.40 bits per heavy atom. The zero-order chi connectivity index (χ0) is 42.9. The number of quaternary nitrogens is 1. The molecule has 1 aliphatic rings. The van der Waals surface area contributed by atoms with Gasteiger partial charge >= 0.3 is 13.8 Å². The number of carbonyl (C=O) groups is 2. The summed E-state index contributed by atoms with van der Waals surface area (Å²) in [6.45, 7) is 4.49. The van der Waals surface area contributed by atoms with Gasteiger partial charge in [-0.1, -0.05) is 115 Å². The summed E-state index contributed by atoms with van der Waals surface area (Å²) >= 11 is 0.